The van der Waals surface area contributed by atoms with E-state index in [1.54, 1.807) is 20.0 Å². The van der Waals surface area contributed by atoms with Crippen LogP contribution in [0.15, 0.2) is 28.8 Å². The number of benzene rings is 1. The molecule has 6 heteroatoms. The zero-order valence-corrected chi connectivity index (χ0v) is 11.2. The molecule has 1 heterocycles. The van der Waals surface area contributed by atoms with E-state index in [0.717, 1.165) is 0 Å². The summed E-state index contributed by atoms with van der Waals surface area (Å²) in [5.41, 5.74) is 0.205. The maximum absolute atomic E-state index is 12.0. The number of phenolic OH excluding ortho intramolecular Hbond substituents is 1. The van der Waals surface area contributed by atoms with Crippen LogP contribution < -0.4 is 5.32 Å². The van der Waals surface area contributed by atoms with Gasteiger partial charge in [-0.1, -0.05) is 11.6 Å². The Morgan fingerprint density at radius 3 is 2.89 bits per heavy atom. The van der Waals surface area contributed by atoms with Crippen molar-refractivity contribution in [3.05, 3.63) is 46.6 Å². The molecule has 1 aromatic heterocycles. The highest BCUT2D eigenvalue weighted by Crippen LogP contribution is 2.22. The molecule has 2 N–H and O–H groups in total. The van der Waals surface area contributed by atoms with Crippen molar-refractivity contribution in [1.82, 2.24) is 10.3 Å². The van der Waals surface area contributed by atoms with Crippen LogP contribution in [0.1, 0.15) is 35.0 Å². The molecule has 0 aliphatic rings. The number of hydrogen-bond acceptors (Lipinski definition) is 4. The summed E-state index contributed by atoms with van der Waals surface area (Å²) in [6.45, 7) is 3.52. The second-order valence-corrected chi connectivity index (χ2v) is 4.58. The summed E-state index contributed by atoms with van der Waals surface area (Å²) >= 11 is 5.91. The quantitative estimate of drug-likeness (QED) is 0.906. The predicted molar refractivity (Wildman–Crippen MR) is 70.2 cm³/mol. The van der Waals surface area contributed by atoms with Crippen LogP contribution in [0.3, 0.4) is 0 Å². The lowest BCUT2D eigenvalue weighted by Crippen LogP contribution is -2.27. The van der Waals surface area contributed by atoms with E-state index in [9.17, 15) is 9.90 Å². The summed E-state index contributed by atoms with van der Waals surface area (Å²) in [5.74, 6) is 0.673. The number of nitrogens with zero attached hydrogens (tertiary/aromatic N) is 1. The topological polar surface area (TPSA) is 75.4 Å². The Balaban J connectivity index is 2.15. The van der Waals surface area contributed by atoms with Gasteiger partial charge in [-0.15, -0.1) is 0 Å². The standard InChI is InChI=1S/C13H13ClN2O3/c1-7-6-15-13(19-7)8(2)16-12(18)10-5-9(17)3-4-11(10)14/h3-6,8,17H,1-2H3,(H,16,18). The Kier molecular flexibility index (Phi) is 3.76. The number of aryl methyl sites for hydroxylation is 1. The molecule has 1 unspecified atom stereocenters. The van der Waals surface area contributed by atoms with Gasteiger partial charge in [-0.25, -0.2) is 4.98 Å². The lowest BCUT2D eigenvalue weighted by atomic mass is 10.2. The zero-order valence-electron chi connectivity index (χ0n) is 10.5. The summed E-state index contributed by atoms with van der Waals surface area (Å²) < 4.78 is 5.33. The Bertz CT molecular complexity index is 610. The number of rotatable bonds is 3. The molecule has 1 atom stereocenters. The zero-order chi connectivity index (χ0) is 14.0. The van der Waals surface area contributed by atoms with E-state index in [-0.39, 0.29) is 22.4 Å². The molecule has 2 aromatic rings. The number of amides is 1. The first-order valence-corrected chi connectivity index (χ1v) is 6.07. The fraction of sp³-hybridized carbons (Fsp3) is 0.231. The molecular formula is C13H13ClN2O3. The number of nitrogens with one attached hydrogen (secondary N) is 1. The Morgan fingerprint density at radius 2 is 2.26 bits per heavy atom. The first-order valence-electron chi connectivity index (χ1n) is 5.69. The van der Waals surface area contributed by atoms with Gasteiger partial charge in [-0.2, -0.15) is 0 Å². The third-order valence-electron chi connectivity index (χ3n) is 2.55. The summed E-state index contributed by atoms with van der Waals surface area (Å²) in [5, 5.41) is 12.3. The van der Waals surface area contributed by atoms with Gasteiger partial charge in [0, 0.05) is 0 Å². The highest BCUT2D eigenvalue weighted by molar-refractivity contribution is 6.33. The molecule has 1 aromatic carbocycles. The summed E-state index contributed by atoms with van der Waals surface area (Å²) in [6.07, 6.45) is 1.58. The van der Waals surface area contributed by atoms with E-state index >= 15 is 0 Å². The smallest absolute Gasteiger partial charge is 0.253 e. The van der Waals surface area contributed by atoms with Crippen molar-refractivity contribution in [3.8, 4) is 5.75 Å². The number of oxazole rings is 1. The molecule has 0 radical (unpaired) electrons. The Morgan fingerprint density at radius 1 is 1.53 bits per heavy atom. The van der Waals surface area contributed by atoms with Gasteiger partial charge in [-0.05, 0) is 32.0 Å². The maximum atomic E-state index is 12.0. The number of halogens is 1. The highest BCUT2D eigenvalue weighted by Gasteiger charge is 2.17. The van der Waals surface area contributed by atoms with Gasteiger partial charge in [0.1, 0.15) is 17.6 Å². The minimum absolute atomic E-state index is 0.0193. The first-order chi connectivity index (χ1) is 8.97. The second kappa shape index (κ2) is 5.32. The third-order valence-corrected chi connectivity index (χ3v) is 2.88. The van der Waals surface area contributed by atoms with Crippen LogP contribution in [0.2, 0.25) is 5.02 Å². The third kappa shape index (κ3) is 3.06. The summed E-state index contributed by atoms with van der Waals surface area (Å²) in [4.78, 5) is 16.1. The van der Waals surface area contributed by atoms with E-state index in [4.69, 9.17) is 16.0 Å². The molecule has 0 aliphatic heterocycles. The predicted octanol–water partition coefficient (Wildman–Crippen LogP) is 2.83. The number of hydrogen-bond donors (Lipinski definition) is 2. The van der Waals surface area contributed by atoms with Gasteiger partial charge in [-0.3, -0.25) is 4.79 Å². The second-order valence-electron chi connectivity index (χ2n) is 4.17. The molecule has 0 fully saturated rings. The molecule has 0 saturated heterocycles. The number of phenols is 1. The fourth-order valence-electron chi connectivity index (χ4n) is 1.60. The van der Waals surface area contributed by atoms with E-state index in [0.29, 0.717) is 11.7 Å². The normalized spacial score (nSPS) is 12.2. The largest absolute Gasteiger partial charge is 0.508 e. The molecule has 1 amide bonds. The molecule has 2 rings (SSSR count). The Labute approximate surface area is 115 Å². The van der Waals surface area contributed by atoms with E-state index in [1.807, 2.05) is 0 Å². The van der Waals surface area contributed by atoms with Gasteiger partial charge >= 0.3 is 0 Å². The van der Waals surface area contributed by atoms with Gasteiger partial charge < -0.3 is 14.8 Å². The summed E-state index contributed by atoms with van der Waals surface area (Å²) in [6, 6.07) is 3.80. The van der Waals surface area contributed by atoms with Crippen molar-refractivity contribution in [2.24, 2.45) is 0 Å². The first kappa shape index (κ1) is 13.4. The van der Waals surface area contributed by atoms with Crippen LogP contribution in [-0.2, 0) is 0 Å². The highest BCUT2D eigenvalue weighted by atomic mass is 35.5. The number of aromatic nitrogens is 1. The van der Waals surface area contributed by atoms with Gasteiger partial charge in [0.2, 0.25) is 5.89 Å². The van der Waals surface area contributed by atoms with Crippen LogP contribution in [0.25, 0.3) is 0 Å². The molecule has 0 saturated carbocycles. The van der Waals surface area contributed by atoms with Crippen molar-refractivity contribution < 1.29 is 14.3 Å². The lowest BCUT2D eigenvalue weighted by molar-refractivity contribution is 0.0933. The molecule has 0 spiro atoms. The van der Waals surface area contributed by atoms with Crippen LogP contribution in [-0.4, -0.2) is 16.0 Å². The van der Waals surface area contributed by atoms with Crippen molar-refractivity contribution >= 4 is 17.5 Å². The molecule has 0 aliphatic carbocycles. The van der Waals surface area contributed by atoms with E-state index < -0.39 is 5.91 Å². The molecule has 5 nitrogen and oxygen atoms in total. The van der Waals surface area contributed by atoms with E-state index in [1.165, 1.54) is 18.2 Å². The van der Waals surface area contributed by atoms with Crippen LogP contribution >= 0.6 is 11.6 Å². The van der Waals surface area contributed by atoms with E-state index in [2.05, 4.69) is 10.3 Å². The average molecular weight is 281 g/mol. The number of aromatic hydroxyl groups is 1. The molecule has 100 valence electrons. The van der Waals surface area contributed by atoms with Crippen LogP contribution in [0, 0.1) is 6.92 Å². The number of carbonyl (C=O) groups excluding carboxylic acids is 1. The van der Waals surface area contributed by atoms with Crippen LogP contribution in [0.4, 0.5) is 0 Å². The van der Waals surface area contributed by atoms with Crippen LogP contribution in [0.5, 0.6) is 5.75 Å². The minimum atomic E-state index is -0.399. The van der Waals surface area contributed by atoms with Gasteiger partial charge in [0.25, 0.3) is 5.91 Å². The Hall–Kier alpha value is -2.01. The lowest BCUT2D eigenvalue weighted by Gasteiger charge is -2.11. The molecule has 0 bridgehead atoms. The van der Waals surface area contributed by atoms with Crippen molar-refractivity contribution in [1.29, 1.82) is 0 Å². The monoisotopic (exact) mass is 280 g/mol. The minimum Gasteiger partial charge on any atom is -0.508 e. The SMILES string of the molecule is Cc1cnc(C(C)NC(=O)c2cc(O)ccc2Cl)o1. The van der Waals surface area contributed by atoms with Crippen molar-refractivity contribution in [3.63, 3.8) is 0 Å². The van der Waals surface area contributed by atoms with Gasteiger partial charge in [0.15, 0.2) is 0 Å². The average Bonchev–Trinajstić information content (AvgIpc) is 2.79. The number of carbonyl (C=O) groups is 1. The van der Waals surface area contributed by atoms with Crippen molar-refractivity contribution in [2.45, 2.75) is 19.9 Å². The fourth-order valence-corrected chi connectivity index (χ4v) is 1.80. The molecular weight excluding hydrogens is 268 g/mol. The molecule has 19 heavy (non-hydrogen) atoms. The maximum Gasteiger partial charge on any atom is 0.253 e. The van der Waals surface area contributed by atoms with Crippen molar-refractivity contribution in [2.75, 3.05) is 0 Å². The van der Waals surface area contributed by atoms with Gasteiger partial charge in [0.05, 0.1) is 16.8 Å². The summed E-state index contributed by atoms with van der Waals surface area (Å²) in [7, 11) is 0.